The standard InChI is InChI=1S/C23H22N4O5S4/c1-15(28)24-17-8-10-19(11-9-17)35(29)26-20(21-14-34-23(25-21)22-3-2-12-33-22)13-16-4-6-18(7-5-16)27-36(30,31)32/h2-12,14,20,26-27H,13H2,1H3,(H,24,28)(H,30,31,32)/t20-,35?/m0/s1. The molecule has 9 nitrogen and oxygen atoms in total. The number of amides is 1. The molecule has 0 fully saturated rings. The van der Waals surface area contributed by atoms with Crippen LogP contribution in [0.3, 0.4) is 0 Å². The van der Waals surface area contributed by atoms with Crippen molar-refractivity contribution in [3.05, 3.63) is 82.7 Å². The molecule has 0 aliphatic heterocycles. The van der Waals surface area contributed by atoms with Gasteiger partial charge in [-0.25, -0.2) is 13.9 Å². The van der Waals surface area contributed by atoms with Gasteiger partial charge in [0.25, 0.3) is 0 Å². The van der Waals surface area contributed by atoms with Crippen molar-refractivity contribution in [2.75, 3.05) is 10.0 Å². The average molecular weight is 563 g/mol. The predicted molar refractivity (Wildman–Crippen MR) is 144 cm³/mol. The van der Waals surface area contributed by atoms with E-state index in [0.29, 0.717) is 17.0 Å². The number of carbonyl (C=O) groups is 1. The maximum Gasteiger partial charge on any atom is 0.357 e. The maximum atomic E-state index is 13.2. The third kappa shape index (κ3) is 7.29. The van der Waals surface area contributed by atoms with Crippen molar-refractivity contribution in [1.29, 1.82) is 0 Å². The van der Waals surface area contributed by atoms with Gasteiger partial charge in [-0.3, -0.25) is 14.1 Å². The molecule has 2 aromatic heterocycles. The predicted octanol–water partition coefficient (Wildman–Crippen LogP) is 4.64. The van der Waals surface area contributed by atoms with Gasteiger partial charge >= 0.3 is 10.3 Å². The number of nitrogens with one attached hydrogen (secondary N) is 3. The van der Waals surface area contributed by atoms with Crippen LogP contribution in [0.4, 0.5) is 11.4 Å². The Kier molecular flexibility index (Phi) is 8.28. The van der Waals surface area contributed by atoms with Gasteiger partial charge in [0.05, 0.1) is 27.2 Å². The summed E-state index contributed by atoms with van der Waals surface area (Å²) in [4.78, 5) is 17.6. The third-order valence-corrected chi connectivity index (χ3v) is 8.48. The lowest BCUT2D eigenvalue weighted by Crippen LogP contribution is -2.26. The van der Waals surface area contributed by atoms with E-state index < -0.39 is 27.3 Å². The van der Waals surface area contributed by atoms with Crippen LogP contribution < -0.4 is 14.8 Å². The van der Waals surface area contributed by atoms with Crippen LogP contribution in [0.15, 0.2) is 76.3 Å². The van der Waals surface area contributed by atoms with Crippen LogP contribution in [0, 0.1) is 0 Å². The van der Waals surface area contributed by atoms with E-state index in [2.05, 4.69) is 10.0 Å². The van der Waals surface area contributed by atoms with E-state index in [-0.39, 0.29) is 11.6 Å². The summed E-state index contributed by atoms with van der Waals surface area (Å²) in [5.74, 6) is -0.190. The minimum Gasteiger partial charge on any atom is -0.326 e. The van der Waals surface area contributed by atoms with E-state index in [1.807, 2.05) is 27.6 Å². The second kappa shape index (κ2) is 11.4. The first-order valence-corrected chi connectivity index (χ1v) is 14.9. The van der Waals surface area contributed by atoms with Crippen molar-refractivity contribution in [3.63, 3.8) is 0 Å². The molecule has 0 radical (unpaired) electrons. The highest BCUT2D eigenvalue weighted by molar-refractivity contribution is 7.87. The number of hydrogen-bond donors (Lipinski definition) is 4. The van der Waals surface area contributed by atoms with Gasteiger partial charge in [0.1, 0.15) is 16.0 Å². The molecule has 0 aliphatic rings. The van der Waals surface area contributed by atoms with Gasteiger partial charge in [0.15, 0.2) is 0 Å². The van der Waals surface area contributed by atoms with Crippen molar-refractivity contribution < 1.29 is 22.0 Å². The molecule has 2 aromatic carbocycles. The lowest BCUT2D eigenvalue weighted by atomic mass is 10.0. The molecule has 4 aromatic rings. The van der Waals surface area contributed by atoms with Crippen LogP contribution in [-0.4, -0.2) is 28.1 Å². The van der Waals surface area contributed by atoms with Crippen LogP contribution in [0.1, 0.15) is 24.2 Å². The van der Waals surface area contributed by atoms with Gasteiger partial charge in [-0.05, 0) is 59.8 Å². The van der Waals surface area contributed by atoms with Crippen molar-refractivity contribution >= 4 is 61.2 Å². The van der Waals surface area contributed by atoms with Crippen LogP contribution in [-0.2, 0) is 32.5 Å². The molecule has 188 valence electrons. The molecule has 36 heavy (non-hydrogen) atoms. The SMILES string of the molecule is CC(=O)Nc1ccc(S(=O)N[C@@H](Cc2ccc(NS(=O)(=O)O)cc2)c2csc(-c3cccs3)n2)cc1. The van der Waals surface area contributed by atoms with Crippen LogP contribution in [0.2, 0.25) is 0 Å². The highest BCUT2D eigenvalue weighted by Gasteiger charge is 2.20. The lowest BCUT2D eigenvalue weighted by Gasteiger charge is -2.17. The summed E-state index contributed by atoms with van der Waals surface area (Å²) in [6.45, 7) is 1.42. The number of thiophene rings is 1. The summed E-state index contributed by atoms with van der Waals surface area (Å²) >= 11 is 3.09. The monoisotopic (exact) mass is 562 g/mol. The van der Waals surface area contributed by atoms with Crippen molar-refractivity contribution in [1.82, 2.24) is 9.71 Å². The normalized spacial score (nSPS) is 13.2. The molecule has 2 atom stereocenters. The number of anilines is 2. The first-order chi connectivity index (χ1) is 17.2. The molecule has 4 rings (SSSR count). The number of benzene rings is 2. The second-order valence-electron chi connectivity index (χ2n) is 7.68. The molecule has 1 amide bonds. The average Bonchev–Trinajstić information content (AvgIpc) is 3.51. The van der Waals surface area contributed by atoms with E-state index in [4.69, 9.17) is 9.54 Å². The molecule has 0 saturated carbocycles. The number of aromatic nitrogens is 1. The molecule has 0 bridgehead atoms. The largest absolute Gasteiger partial charge is 0.357 e. The van der Waals surface area contributed by atoms with E-state index >= 15 is 0 Å². The molecular weight excluding hydrogens is 541 g/mol. The number of nitrogens with zero attached hydrogens (tertiary/aromatic N) is 1. The molecule has 4 N–H and O–H groups in total. The summed E-state index contributed by atoms with van der Waals surface area (Å²) < 4.78 is 49.4. The number of rotatable bonds is 10. The molecular formula is C23H22N4O5S4. The van der Waals surface area contributed by atoms with Gasteiger partial charge in [0, 0.05) is 18.0 Å². The van der Waals surface area contributed by atoms with Crippen molar-refractivity contribution in [3.8, 4) is 9.88 Å². The Bertz CT molecular complexity index is 1450. The number of hydrogen-bond acceptors (Lipinski definition) is 7. The van der Waals surface area contributed by atoms with E-state index in [0.717, 1.165) is 21.1 Å². The first kappa shape index (κ1) is 26.1. The molecule has 1 unspecified atom stereocenters. The summed E-state index contributed by atoms with van der Waals surface area (Å²) in [5, 5.41) is 7.46. The molecule has 0 spiro atoms. The Balaban J connectivity index is 1.56. The topological polar surface area (TPSA) is 137 Å². The Morgan fingerprint density at radius 1 is 1.06 bits per heavy atom. The van der Waals surface area contributed by atoms with Crippen LogP contribution in [0.25, 0.3) is 9.88 Å². The third-order valence-electron chi connectivity index (χ3n) is 4.89. The van der Waals surface area contributed by atoms with Crippen molar-refractivity contribution in [2.45, 2.75) is 24.3 Å². The minimum atomic E-state index is -4.36. The minimum absolute atomic E-state index is 0.190. The lowest BCUT2D eigenvalue weighted by molar-refractivity contribution is -0.114. The van der Waals surface area contributed by atoms with Crippen LogP contribution in [0.5, 0.6) is 0 Å². The summed E-state index contributed by atoms with van der Waals surface area (Å²) in [5.41, 5.74) is 2.41. The first-order valence-electron chi connectivity index (χ1n) is 10.6. The van der Waals surface area contributed by atoms with E-state index in [1.165, 1.54) is 30.4 Å². The zero-order chi connectivity index (χ0) is 25.7. The summed E-state index contributed by atoms with van der Waals surface area (Å²) in [6.07, 6.45) is 0.426. The Hall–Kier alpha value is -2.94. The molecule has 0 aliphatic carbocycles. The molecule has 0 saturated heterocycles. The molecule has 13 heteroatoms. The van der Waals surface area contributed by atoms with E-state index in [1.54, 1.807) is 47.7 Å². The van der Waals surface area contributed by atoms with Gasteiger partial charge in [0.2, 0.25) is 5.91 Å². The Morgan fingerprint density at radius 2 is 1.75 bits per heavy atom. The highest BCUT2D eigenvalue weighted by Crippen LogP contribution is 2.31. The number of carbonyl (C=O) groups excluding carboxylic acids is 1. The van der Waals surface area contributed by atoms with Crippen molar-refractivity contribution in [2.24, 2.45) is 0 Å². The Morgan fingerprint density at radius 3 is 2.36 bits per heavy atom. The fourth-order valence-corrected chi connectivity index (χ4v) is 6.43. The summed E-state index contributed by atoms with van der Waals surface area (Å²) in [6, 6.07) is 16.8. The fraction of sp³-hybridized carbons (Fsp3) is 0.130. The zero-order valence-electron chi connectivity index (χ0n) is 18.9. The van der Waals surface area contributed by atoms with Crippen LogP contribution >= 0.6 is 22.7 Å². The molecule has 2 heterocycles. The fourth-order valence-electron chi connectivity index (χ4n) is 3.32. The smallest absolute Gasteiger partial charge is 0.326 e. The van der Waals surface area contributed by atoms with E-state index in [9.17, 15) is 17.4 Å². The quantitative estimate of drug-likeness (QED) is 0.208. The van der Waals surface area contributed by atoms with Gasteiger partial charge < -0.3 is 5.32 Å². The second-order valence-corrected chi connectivity index (χ2v) is 11.9. The Labute approximate surface area is 219 Å². The maximum absolute atomic E-state index is 13.2. The zero-order valence-corrected chi connectivity index (χ0v) is 22.1. The van der Waals surface area contributed by atoms with Gasteiger partial charge in [-0.15, -0.1) is 22.7 Å². The van der Waals surface area contributed by atoms with Gasteiger partial charge in [-0.2, -0.15) is 8.42 Å². The summed E-state index contributed by atoms with van der Waals surface area (Å²) in [7, 11) is -5.94. The number of thiazole rings is 1. The highest BCUT2D eigenvalue weighted by atomic mass is 32.2. The van der Waals surface area contributed by atoms with Gasteiger partial charge in [-0.1, -0.05) is 18.2 Å².